The van der Waals surface area contributed by atoms with Crippen molar-refractivity contribution in [3.63, 3.8) is 0 Å². The van der Waals surface area contributed by atoms with E-state index in [0.29, 0.717) is 24.9 Å². The van der Waals surface area contributed by atoms with E-state index in [1.54, 1.807) is 4.68 Å². The van der Waals surface area contributed by atoms with Gasteiger partial charge in [-0.1, -0.05) is 30.3 Å². The molecule has 1 saturated heterocycles. The third-order valence-corrected chi connectivity index (χ3v) is 6.63. The van der Waals surface area contributed by atoms with Crippen LogP contribution in [0.15, 0.2) is 60.8 Å². The van der Waals surface area contributed by atoms with Gasteiger partial charge in [-0.25, -0.2) is 9.18 Å². The fourth-order valence-electron chi connectivity index (χ4n) is 4.79. The topological polar surface area (TPSA) is 137 Å². The molecule has 2 amide bonds. The molecule has 186 valence electrons. The molecular formula is C26H27FN6O3. The van der Waals surface area contributed by atoms with Crippen LogP contribution in [-0.4, -0.2) is 44.9 Å². The van der Waals surface area contributed by atoms with Crippen LogP contribution in [0.4, 0.5) is 20.7 Å². The Morgan fingerprint density at radius 3 is 2.58 bits per heavy atom. The van der Waals surface area contributed by atoms with Gasteiger partial charge < -0.3 is 21.1 Å². The van der Waals surface area contributed by atoms with Gasteiger partial charge in [0, 0.05) is 25.0 Å². The van der Waals surface area contributed by atoms with E-state index >= 15 is 0 Å². The molecule has 1 fully saturated rings. The van der Waals surface area contributed by atoms with Gasteiger partial charge in [-0.05, 0) is 55.5 Å². The van der Waals surface area contributed by atoms with Crippen LogP contribution in [0.1, 0.15) is 41.2 Å². The Kier molecular flexibility index (Phi) is 7.20. The van der Waals surface area contributed by atoms with Crippen molar-refractivity contribution in [1.82, 2.24) is 14.7 Å². The predicted molar refractivity (Wildman–Crippen MR) is 131 cm³/mol. The number of carboxylic acid groups (broad SMARTS) is 1. The van der Waals surface area contributed by atoms with E-state index in [9.17, 15) is 24.3 Å². The number of amides is 2. The lowest BCUT2D eigenvalue weighted by atomic mass is 9.73. The molecule has 0 aliphatic carbocycles. The molecule has 0 unspecified atom stereocenters. The lowest BCUT2D eigenvalue weighted by Crippen LogP contribution is -2.50. The van der Waals surface area contributed by atoms with E-state index in [0.717, 1.165) is 12.0 Å². The summed E-state index contributed by atoms with van der Waals surface area (Å²) in [5, 5.41) is 27.5. The highest BCUT2D eigenvalue weighted by atomic mass is 19.1. The van der Waals surface area contributed by atoms with Crippen molar-refractivity contribution < 1.29 is 19.1 Å². The summed E-state index contributed by atoms with van der Waals surface area (Å²) in [6.45, 7) is 0.263. The molecule has 9 nitrogen and oxygen atoms in total. The highest BCUT2D eigenvalue weighted by molar-refractivity contribution is 5.98. The molecule has 10 heteroatoms. The van der Waals surface area contributed by atoms with Crippen molar-refractivity contribution in [2.75, 3.05) is 18.4 Å². The van der Waals surface area contributed by atoms with E-state index < -0.39 is 29.3 Å². The first-order valence-electron chi connectivity index (χ1n) is 11.7. The van der Waals surface area contributed by atoms with Crippen LogP contribution < -0.4 is 11.1 Å². The number of likely N-dealkylation sites (tertiary alicyclic amines) is 1. The number of nitrogens with zero attached hydrogens (tertiary/aromatic N) is 4. The summed E-state index contributed by atoms with van der Waals surface area (Å²) in [6.07, 6.45) is 2.63. The number of carbonyl (C=O) groups excluding carboxylic acids is 1. The van der Waals surface area contributed by atoms with Crippen LogP contribution in [0, 0.1) is 22.6 Å². The van der Waals surface area contributed by atoms with Gasteiger partial charge in [-0.15, -0.1) is 0 Å². The Balaban J connectivity index is 1.64. The first kappa shape index (κ1) is 24.7. The number of benzene rings is 2. The SMILES string of the molecule is N#C[C@@]1(CCCc2ccccc2)CN(C(=O)O)CC[C@@H]1n1cc(C(N)=O)c(Nc2ccc(F)cc2)n1. The number of piperidine rings is 1. The van der Waals surface area contributed by atoms with Crippen molar-refractivity contribution in [3.05, 3.63) is 77.7 Å². The second-order valence-electron chi connectivity index (χ2n) is 8.98. The van der Waals surface area contributed by atoms with E-state index in [1.165, 1.54) is 35.4 Å². The number of anilines is 2. The highest BCUT2D eigenvalue weighted by Gasteiger charge is 2.46. The first-order chi connectivity index (χ1) is 17.3. The van der Waals surface area contributed by atoms with Crippen LogP contribution >= 0.6 is 0 Å². The highest BCUT2D eigenvalue weighted by Crippen LogP contribution is 2.43. The van der Waals surface area contributed by atoms with Crippen molar-refractivity contribution in [2.45, 2.75) is 31.7 Å². The Bertz CT molecular complexity index is 1270. The van der Waals surface area contributed by atoms with Crippen molar-refractivity contribution in [2.24, 2.45) is 11.1 Å². The average molecular weight is 491 g/mol. The third kappa shape index (κ3) is 5.30. The molecule has 1 aliphatic heterocycles. The molecule has 1 aromatic heterocycles. The van der Waals surface area contributed by atoms with E-state index in [2.05, 4.69) is 16.5 Å². The zero-order valence-electron chi connectivity index (χ0n) is 19.6. The number of nitriles is 1. The minimum Gasteiger partial charge on any atom is -0.465 e. The lowest BCUT2D eigenvalue weighted by Gasteiger charge is -2.43. The number of primary amides is 1. The zero-order valence-corrected chi connectivity index (χ0v) is 19.6. The summed E-state index contributed by atoms with van der Waals surface area (Å²) in [5.41, 5.74) is 6.31. The number of nitrogens with two attached hydrogens (primary N) is 1. The van der Waals surface area contributed by atoms with E-state index in [1.807, 2.05) is 30.3 Å². The van der Waals surface area contributed by atoms with Crippen molar-refractivity contribution in [1.29, 1.82) is 5.26 Å². The smallest absolute Gasteiger partial charge is 0.407 e. The molecule has 0 spiro atoms. The molecule has 2 atom stereocenters. The molecule has 36 heavy (non-hydrogen) atoms. The summed E-state index contributed by atoms with van der Waals surface area (Å²) in [6, 6.07) is 17.4. The van der Waals surface area contributed by atoms with Crippen LogP contribution in [-0.2, 0) is 6.42 Å². The number of hydrogen-bond acceptors (Lipinski definition) is 5. The van der Waals surface area contributed by atoms with Crippen molar-refractivity contribution >= 4 is 23.5 Å². The molecule has 4 rings (SSSR count). The number of rotatable bonds is 8. The minimum absolute atomic E-state index is 0.0325. The monoisotopic (exact) mass is 490 g/mol. The largest absolute Gasteiger partial charge is 0.465 e. The summed E-state index contributed by atoms with van der Waals surface area (Å²) in [5.74, 6) is -0.924. The maximum atomic E-state index is 13.3. The molecule has 0 saturated carbocycles. The van der Waals surface area contributed by atoms with Crippen molar-refractivity contribution in [3.8, 4) is 6.07 Å². The summed E-state index contributed by atoms with van der Waals surface area (Å²) < 4.78 is 14.9. The summed E-state index contributed by atoms with van der Waals surface area (Å²) >= 11 is 0. The van der Waals surface area contributed by atoms with Crippen LogP contribution in [0.25, 0.3) is 0 Å². The fraction of sp³-hybridized carbons (Fsp3) is 0.308. The quantitative estimate of drug-likeness (QED) is 0.430. The lowest BCUT2D eigenvalue weighted by molar-refractivity contribution is 0.0579. The van der Waals surface area contributed by atoms with Crippen LogP contribution in [0.2, 0.25) is 0 Å². The molecule has 2 heterocycles. The molecular weight excluding hydrogens is 463 g/mol. The van der Waals surface area contributed by atoms with E-state index in [-0.39, 0.29) is 24.5 Å². The van der Waals surface area contributed by atoms with Gasteiger partial charge in [0.25, 0.3) is 5.91 Å². The second-order valence-corrected chi connectivity index (χ2v) is 8.98. The average Bonchev–Trinajstić information content (AvgIpc) is 3.29. The molecule has 0 bridgehead atoms. The molecule has 4 N–H and O–H groups in total. The van der Waals surface area contributed by atoms with E-state index in [4.69, 9.17) is 5.73 Å². The minimum atomic E-state index is -1.08. The second kappa shape index (κ2) is 10.5. The number of carbonyl (C=O) groups is 2. The van der Waals surface area contributed by atoms with Gasteiger partial charge >= 0.3 is 6.09 Å². The maximum absolute atomic E-state index is 13.3. The number of halogens is 1. The number of aryl methyl sites for hydroxylation is 1. The Morgan fingerprint density at radius 2 is 1.94 bits per heavy atom. The fourth-order valence-corrected chi connectivity index (χ4v) is 4.79. The zero-order chi connectivity index (χ0) is 25.7. The molecule has 3 aromatic rings. The van der Waals surface area contributed by atoms with Gasteiger partial charge in [-0.2, -0.15) is 10.4 Å². The summed E-state index contributed by atoms with van der Waals surface area (Å²) in [7, 11) is 0. The van der Waals surface area contributed by atoms with Gasteiger partial charge in [0.05, 0.1) is 17.5 Å². The normalized spacial score (nSPS) is 19.4. The Hall–Kier alpha value is -4.39. The van der Waals surface area contributed by atoms with Gasteiger partial charge in [0.15, 0.2) is 5.82 Å². The molecule has 2 aromatic carbocycles. The number of aromatic nitrogens is 2. The van der Waals surface area contributed by atoms with Gasteiger partial charge in [-0.3, -0.25) is 9.48 Å². The predicted octanol–water partition coefficient (Wildman–Crippen LogP) is 4.32. The Morgan fingerprint density at radius 1 is 1.22 bits per heavy atom. The first-order valence-corrected chi connectivity index (χ1v) is 11.7. The molecule has 0 radical (unpaired) electrons. The molecule has 1 aliphatic rings. The third-order valence-electron chi connectivity index (χ3n) is 6.63. The Labute approximate surface area is 207 Å². The number of nitrogens with one attached hydrogen (secondary N) is 1. The van der Waals surface area contributed by atoms with Crippen LogP contribution in [0.5, 0.6) is 0 Å². The van der Waals surface area contributed by atoms with Crippen LogP contribution in [0.3, 0.4) is 0 Å². The standard InChI is InChI=1S/C26H27FN6O3/c27-19-8-10-20(11-9-19)30-24-21(23(29)34)15-33(31-24)22-12-14-32(25(35)36)17-26(22,16-28)13-4-7-18-5-2-1-3-6-18/h1-3,5-6,8-11,15,22H,4,7,12-14,17H2,(H2,29,34)(H,30,31)(H,35,36)/t22-,26-/m0/s1. The van der Waals surface area contributed by atoms with Gasteiger partial charge in [0.1, 0.15) is 11.4 Å². The number of hydrogen-bond donors (Lipinski definition) is 3. The summed E-state index contributed by atoms with van der Waals surface area (Å²) in [4.78, 5) is 25.2. The van der Waals surface area contributed by atoms with Gasteiger partial charge in [0.2, 0.25) is 0 Å². The maximum Gasteiger partial charge on any atom is 0.407 e.